The molecule has 2 aromatic heterocycles. The number of benzene rings is 2. The van der Waals surface area contributed by atoms with Crippen LogP contribution in [0.2, 0.25) is 0 Å². The van der Waals surface area contributed by atoms with Gasteiger partial charge in [0.15, 0.2) is 0 Å². The minimum atomic E-state index is -1.06. The van der Waals surface area contributed by atoms with E-state index in [1.807, 2.05) is 39.0 Å². The van der Waals surface area contributed by atoms with Gasteiger partial charge in [0.05, 0.1) is 43.2 Å². The fourth-order valence-corrected chi connectivity index (χ4v) is 10.4. The lowest BCUT2D eigenvalue weighted by Crippen LogP contribution is -2.62. The van der Waals surface area contributed by atoms with Gasteiger partial charge < -0.3 is 33.9 Å². The number of aromatic nitrogens is 2. The molecule has 5 atom stereocenters. The summed E-state index contributed by atoms with van der Waals surface area (Å²) in [6.07, 6.45) is 4.98. The van der Waals surface area contributed by atoms with Crippen molar-refractivity contribution in [3.05, 3.63) is 90.3 Å². The van der Waals surface area contributed by atoms with Crippen LogP contribution in [0.3, 0.4) is 0 Å². The molecular weight excluding hydrogens is 863 g/mol. The minimum absolute atomic E-state index is 0.127. The Morgan fingerprint density at radius 1 is 1.04 bits per heavy atom. The lowest BCUT2D eigenvalue weighted by Gasteiger charge is -2.37. The van der Waals surface area contributed by atoms with Gasteiger partial charge in [-0.25, -0.2) is 5.43 Å². The molecular formula is C53H67N7O8. The number of esters is 1. The molecule has 15 nitrogen and oxygen atoms in total. The second-order valence-electron chi connectivity index (χ2n) is 20.2. The van der Waals surface area contributed by atoms with Crippen LogP contribution in [0, 0.1) is 23.2 Å². The fraction of sp³-hybridized carbons (Fsp3) is 0.509. The Kier molecular flexibility index (Phi) is 14.5. The van der Waals surface area contributed by atoms with E-state index in [9.17, 15) is 24.0 Å². The van der Waals surface area contributed by atoms with Gasteiger partial charge in [0.2, 0.25) is 17.7 Å². The molecule has 0 unspecified atom stereocenters. The van der Waals surface area contributed by atoms with Crippen LogP contribution in [0.25, 0.3) is 33.3 Å². The van der Waals surface area contributed by atoms with Crippen LogP contribution >= 0.6 is 0 Å². The lowest BCUT2D eigenvalue weighted by molar-refractivity contribution is -0.155. The number of nitrogens with zero attached hydrogens (tertiary/aromatic N) is 5. The largest absolute Gasteiger partial charge is 0.464 e. The number of likely N-dealkylation sites (tertiary alicyclic amines) is 1. The van der Waals surface area contributed by atoms with Crippen LogP contribution in [0.1, 0.15) is 76.8 Å². The van der Waals surface area contributed by atoms with Gasteiger partial charge in [-0.15, -0.1) is 0 Å². The van der Waals surface area contributed by atoms with Gasteiger partial charge in [0, 0.05) is 80.8 Å². The van der Waals surface area contributed by atoms with Gasteiger partial charge in [-0.3, -0.25) is 34.0 Å². The topological polar surface area (TPSA) is 165 Å². The van der Waals surface area contributed by atoms with E-state index in [2.05, 4.69) is 72.1 Å². The van der Waals surface area contributed by atoms with Crippen molar-refractivity contribution < 1.29 is 38.2 Å². The second-order valence-corrected chi connectivity index (χ2v) is 20.2. The minimum Gasteiger partial charge on any atom is -0.464 e. The molecule has 362 valence electrons. The molecule has 4 amide bonds. The number of fused-ring (bicyclic) bond motifs is 6. The lowest BCUT2D eigenvalue weighted by atomic mass is 9.84. The zero-order valence-corrected chi connectivity index (χ0v) is 40.6. The number of hydrazine groups is 1. The monoisotopic (exact) mass is 930 g/mol. The van der Waals surface area contributed by atoms with E-state index < -0.39 is 47.2 Å². The van der Waals surface area contributed by atoms with E-state index in [-0.39, 0.29) is 43.4 Å². The molecule has 68 heavy (non-hydrogen) atoms. The number of hydrogen-bond donors (Lipinski definition) is 2. The Bertz CT molecular complexity index is 2570. The molecule has 0 spiro atoms. The highest BCUT2D eigenvalue weighted by Crippen LogP contribution is 2.43. The summed E-state index contributed by atoms with van der Waals surface area (Å²) in [5.74, 6) is -2.25. The Balaban J connectivity index is 1.20. The number of carbonyl (C=O) groups excluding carboxylic acids is 5. The molecule has 4 aromatic rings. The zero-order chi connectivity index (χ0) is 48.4. The van der Waals surface area contributed by atoms with E-state index in [0.717, 1.165) is 56.7 Å². The normalized spacial score (nSPS) is 22.0. The summed E-state index contributed by atoms with van der Waals surface area (Å²) in [7, 11) is 3.31. The maximum Gasteiger partial charge on any atom is 0.324 e. The van der Waals surface area contributed by atoms with Crippen molar-refractivity contribution in [1.29, 1.82) is 0 Å². The Hall–Kier alpha value is -5.90. The van der Waals surface area contributed by atoms with Crippen molar-refractivity contribution in [3.8, 4) is 22.4 Å². The molecule has 6 bridgehead atoms. The number of amides is 4. The number of cyclic esters (lactones) is 1. The predicted molar refractivity (Wildman–Crippen MR) is 259 cm³/mol. The Morgan fingerprint density at radius 2 is 1.82 bits per heavy atom. The van der Waals surface area contributed by atoms with Gasteiger partial charge in [0.25, 0.3) is 5.91 Å². The molecule has 2 aromatic carbocycles. The van der Waals surface area contributed by atoms with E-state index >= 15 is 0 Å². The van der Waals surface area contributed by atoms with Crippen molar-refractivity contribution in [2.75, 3.05) is 53.6 Å². The highest BCUT2D eigenvalue weighted by molar-refractivity contribution is 5.96. The number of methoxy groups -OCH3 is 1. The average Bonchev–Trinajstić information content (AvgIpc) is 3.93. The summed E-state index contributed by atoms with van der Waals surface area (Å²) in [5, 5.41) is 5.58. The van der Waals surface area contributed by atoms with Crippen LogP contribution in [0.5, 0.6) is 0 Å². The first kappa shape index (κ1) is 48.6. The zero-order valence-electron chi connectivity index (χ0n) is 40.6. The Morgan fingerprint density at radius 3 is 2.54 bits per heavy atom. The van der Waals surface area contributed by atoms with Crippen LogP contribution in [-0.4, -0.2) is 126 Å². The van der Waals surface area contributed by atoms with E-state index in [1.54, 1.807) is 25.3 Å². The van der Waals surface area contributed by atoms with Crippen LogP contribution < -0.4 is 10.7 Å². The van der Waals surface area contributed by atoms with Gasteiger partial charge >= 0.3 is 5.97 Å². The summed E-state index contributed by atoms with van der Waals surface area (Å²) in [4.78, 5) is 77.5. The van der Waals surface area contributed by atoms with Crippen LogP contribution in [-0.2, 0) is 57.6 Å². The highest BCUT2D eigenvalue weighted by Gasteiger charge is 2.40. The number of likely N-dealkylation sites (N-methyl/N-ethyl adjacent to an activating group) is 1. The van der Waals surface area contributed by atoms with Gasteiger partial charge in [-0.05, 0) is 91.1 Å². The quantitative estimate of drug-likeness (QED) is 0.137. The van der Waals surface area contributed by atoms with E-state index in [4.69, 9.17) is 19.2 Å². The summed E-state index contributed by atoms with van der Waals surface area (Å²) >= 11 is 0. The number of nitrogens with one attached hydrogen (secondary N) is 2. The van der Waals surface area contributed by atoms with Crippen molar-refractivity contribution in [1.82, 2.24) is 35.1 Å². The van der Waals surface area contributed by atoms with Gasteiger partial charge in [-0.1, -0.05) is 64.6 Å². The summed E-state index contributed by atoms with van der Waals surface area (Å²) in [6.45, 7) is 16.8. The number of rotatable bonds is 11. The molecule has 3 saturated heterocycles. The molecule has 0 radical (unpaired) electrons. The second kappa shape index (κ2) is 20.4. The average molecular weight is 930 g/mol. The van der Waals surface area contributed by atoms with Crippen molar-refractivity contribution in [2.45, 2.75) is 97.5 Å². The molecule has 15 heteroatoms. The molecule has 3 fully saturated rings. The standard InChI is InChI=1S/C53H67N7O8/c1-9-45(61)58-22-19-38(28-58)50(63)57(7)47(32(2)3)49(62)55-43-24-34-13-10-14-36(23-34)37-17-18-44-40(25-37)41(26-53(5,6)31-68-52(65)42-16-12-21-60(56-42)51(43)64)48(59(44)27-35-29-67-30-35)39-15-11-20-54-46(39)33(4)66-8/h9-11,13-15,17-18,20,23,25,32-33,35,38,42-43,47,56H,1,12,16,19,21-22,24,26-31H2,2-8H3,(H,55,62)/t33-,38-,42-,43-,47-/m0/s1. The molecule has 6 heterocycles. The number of hydrogen-bond acceptors (Lipinski definition) is 10. The molecule has 0 saturated carbocycles. The fourth-order valence-electron chi connectivity index (χ4n) is 10.4. The number of pyridine rings is 1. The Labute approximate surface area is 399 Å². The smallest absolute Gasteiger partial charge is 0.324 e. The first-order chi connectivity index (χ1) is 32.6. The summed E-state index contributed by atoms with van der Waals surface area (Å²) < 4.78 is 20.1. The first-order valence-electron chi connectivity index (χ1n) is 24.1. The van der Waals surface area contributed by atoms with E-state index in [0.29, 0.717) is 57.9 Å². The highest BCUT2D eigenvalue weighted by atomic mass is 16.5. The van der Waals surface area contributed by atoms with Crippen LogP contribution in [0.15, 0.2) is 73.4 Å². The predicted octanol–water partition coefficient (Wildman–Crippen LogP) is 5.89. The molecule has 8 rings (SSSR count). The number of ether oxygens (including phenoxy) is 3. The van der Waals surface area contributed by atoms with Crippen molar-refractivity contribution in [2.24, 2.45) is 23.2 Å². The molecule has 4 aliphatic heterocycles. The first-order valence-corrected chi connectivity index (χ1v) is 24.1. The number of carbonyl (C=O) groups is 5. The van der Waals surface area contributed by atoms with Gasteiger partial charge in [0.1, 0.15) is 18.1 Å². The van der Waals surface area contributed by atoms with Gasteiger partial charge in [-0.2, -0.15) is 0 Å². The molecule has 0 aliphatic carbocycles. The maximum absolute atomic E-state index is 14.8. The molecule has 4 aliphatic rings. The maximum atomic E-state index is 14.8. The molecule has 2 N–H and O–H groups in total. The van der Waals surface area contributed by atoms with Crippen molar-refractivity contribution >= 4 is 40.5 Å². The third-order valence-corrected chi connectivity index (χ3v) is 14.1. The third kappa shape index (κ3) is 10.1. The SMILES string of the molecule is C=CC(=O)N1CC[C@H](C(=O)N(C)[C@H](C(=O)N[C@H]2Cc3cccc(c3)-c3ccc4c(c3)c(c(-c3cccnc3[C@H](C)OC)n4CC3COC3)CC(C)(C)COC(=O)[C@@H]3CCCN(N3)C2=O)C(C)C)C1. The summed E-state index contributed by atoms with van der Waals surface area (Å²) in [5.41, 5.74) is 10.4. The van der Waals surface area contributed by atoms with E-state index in [1.165, 1.54) is 16.0 Å². The third-order valence-electron chi connectivity index (χ3n) is 14.1. The van der Waals surface area contributed by atoms with Crippen molar-refractivity contribution in [3.63, 3.8) is 0 Å². The summed E-state index contributed by atoms with van der Waals surface area (Å²) in [6, 6.07) is 15.9. The van der Waals surface area contributed by atoms with Crippen LogP contribution in [0.4, 0.5) is 0 Å².